The summed E-state index contributed by atoms with van der Waals surface area (Å²) in [5.41, 5.74) is 0. The second-order valence-corrected chi connectivity index (χ2v) is 5.41. The van der Waals surface area contributed by atoms with E-state index in [1.807, 2.05) is 23.7 Å². The summed E-state index contributed by atoms with van der Waals surface area (Å²) in [5, 5.41) is 6.60. The van der Waals surface area contributed by atoms with Crippen LogP contribution in [-0.2, 0) is 6.54 Å². The first-order valence-corrected chi connectivity index (χ1v) is 7.12. The zero-order valence-corrected chi connectivity index (χ0v) is 11.9. The molecule has 2 heterocycles. The van der Waals surface area contributed by atoms with Crippen LogP contribution in [0, 0.1) is 3.77 Å². The molecule has 1 unspecified atom stereocenters. The van der Waals surface area contributed by atoms with Crippen molar-refractivity contribution in [2.45, 2.75) is 25.9 Å². The van der Waals surface area contributed by atoms with E-state index in [2.05, 4.69) is 39.8 Å². The number of nitrogens with one attached hydrogen (secondary N) is 1. The Morgan fingerprint density at radius 2 is 2.44 bits per heavy atom. The SMILES string of the molecule is CCC(NCc1ccc(I)o1)c1nccs1. The molecule has 1 N–H and O–H groups in total. The smallest absolute Gasteiger partial charge is 0.164 e. The van der Waals surface area contributed by atoms with Crippen molar-refractivity contribution >= 4 is 33.9 Å². The van der Waals surface area contributed by atoms with Gasteiger partial charge < -0.3 is 9.73 Å². The molecule has 2 rings (SSSR count). The van der Waals surface area contributed by atoms with E-state index in [-0.39, 0.29) is 0 Å². The Morgan fingerprint density at radius 3 is 3.00 bits per heavy atom. The topological polar surface area (TPSA) is 38.1 Å². The summed E-state index contributed by atoms with van der Waals surface area (Å²) in [4.78, 5) is 4.33. The molecular weight excluding hydrogens is 335 g/mol. The molecule has 0 aromatic carbocycles. The lowest BCUT2D eigenvalue weighted by molar-refractivity contribution is 0.430. The zero-order valence-electron chi connectivity index (χ0n) is 8.94. The van der Waals surface area contributed by atoms with Gasteiger partial charge in [0.15, 0.2) is 3.77 Å². The Balaban J connectivity index is 1.93. The second-order valence-electron chi connectivity index (χ2n) is 3.42. The number of hydrogen-bond acceptors (Lipinski definition) is 4. The van der Waals surface area contributed by atoms with Gasteiger partial charge in [-0.1, -0.05) is 6.92 Å². The minimum absolute atomic E-state index is 0.322. The normalized spacial score (nSPS) is 12.9. The number of aromatic nitrogens is 1. The molecule has 0 fully saturated rings. The van der Waals surface area contributed by atoms with Crippen LogP contribution in [0.4, 0.5) is 0 Å². The van der Waals surface area contributed by atoms with Crippen LogP contribution in [0.25, 0.3) is 0 Å². The van der Waals surface area contributed by atoms with Crippen molar-refractivity contribution in [1.82, 2.24) is 10.3 Å². The van der Waals surface area contributed by atoms with E-state index in [0.29, 0.717) is 6.04 Å². The van der Waals surface area contributed by atoms with Crippen molar-refractivity contribution in [1.29, 1.82) is 0 Å². The molecule has 3 nitrogen and oxygen atoms in total. The third-order valence-corrected chi connectivity index (χ3v) is 3.78. The molecule has 2 aromatic rings. The lowest BCUT2D eigenvalue weighted by atomic mass is 10.2. The molecule has 0 bridgehead atoms. The zero-order chi connectivity index (χ0) is 11.4. The van der Waals surface area contributed by atoms with E-state index < -0.39 is 0 Å². The summed E-state index contributed by atoms with van der Waals surface area (Å²) >= 11 is 3.86. The molecule has 16 heavy (non-hydrogen) atoms. The predicted octanol–water partition coefficient (Wildman–Crippen LogP) is 3.58. The van der Waals surface area contributed by atoms with Gasteiger partial charge in [-0.05, 0) is 41.1 Å². The Hall–Kier alpha value is -0.400. The number of hydrogen-bond donors (Lipinski definition) is 1. The summed E-state index contributed by atoms with van der Waals surface area (Å²) in [7, 11) is 0. The van der Waals surface area contributed by atoms with Crippen molar-refractivity contribution in [3.63, 3.8) is 0 Å². The third-order valence-electron chi connectivity index (χ3n) is 2.31. The van der Waals surface area contributed by atoms with Gasteiger partial charge in [0.2, 0.25) is 0 Å². The lowest BCUT2D eigenvalue weighted by Gasteiger charge is -2.12. The molecule has 1 atom stereocenters. The fraction of sp³-hybridized carbons (Fsp3) is 0.364. The van der Waals surface area contributed by atoms with Gasteiger partial charge in [-0.3, -0.25) is 0 Å². The molecule has 0 aliphatic carbocycles. The van der Waals surface area contributed by atoms with Gasteiger partial charge in [0.25, 0.3) is 0 Å². The lowest BCUT2D eigenvalue weighted by Crippen LogP contribution is -2.19. The maximum atomic E-state index is 5.50. The Bertz CT molecular complexity index is 427. The fourth-order valence-corrected chi connectivity index (χ4v) is 2.74. The average Bonchev–Trinajstić information content (AvgIpc) is 2.91. The molecule has 86 valence electrons. The van der Waals surface area contributed by atoms with Gasteiger partial charge in [-0.15, -0.1) is 11.3 Å². The highest BCUT2D eigenvalue weighted by Gasteiger charge is 2.11. The number of thiazole rings is 1. The highest BCUT2D eigenvalue weighted by Crippen LogP contribution is 2.19. The first-order valence-electron chi connectivity index (χ1n) is 5.16. The molecule has 0 amide bonds. The van der Waals surface area contributed by atoms with Crippen LogP contribution in [0.15, 0.2) is 28.1 Å². The first kappa shape index (κ1) is 12.1. The Morgan fingerprint density at radius 1 is 1.56 bits per heavy atom. The number of nitrogens with zero attached hydrogens (tertiary/aromatic N) is 1. The standard InChI is InChI=1S/C11H13IN2OS/c1-2-9(11-13-5-6-16-11)14-7-8-3-4-10(12)15-8/h3-6,9,14H,2,7H2,1H3. The number of furan rings is 1. The van der Waals surface area contributed by atoms with E-state index >= 15 is 0 Å². The van der Waals surface area contributed by atoms with Gasteiger partial charge in [0.05, 0.1) is 12.6 Å². The van der Waals surface area contributed by atoms with E-state index in [0.717, 1.165) is 27.5 Å². The monoisotopic (exact) mass is 348 g/mol. The van der Waals surface area contributed by atoms with Crippen LogP contribution < -0.4 is 5.32 Å². The molecule has 2 aromatic heterocycles. The summed E-state index contributed by atoms with van der Waals surface area (Å²) in [5.74, 6) is 0.972. The maximum absolute atomic E-state index is 5.50. The molecule has 0 saturated carbocycles. The van der Waals surface area contributed by atoms with Crippen LogP contribution in [-0.4, -0.2) is 4.98 Å². The van der Waals surface area contributed by atoms with Crippen LogP contribution >= 0.6 is 33.9 Å². The van der Waals surface area contributed by atoms with Crippen molar-refractivity contribution in [3.05, 3.63) is 38.2 Å². The summed E-state index contributed by atoms with van der Waals surface area (Å²) in [6.07, 6.45) is 2.88. The third kappa shape index (κ3) is 3.05. The molecule has 0 aliphatic rings. The molecule has 0 saturated heterocycles. The second kappa shape index (κ2) is 5.79. The van der Waals surface area contributed by atoms with Crippen molar-refractivity contribution < 1.29 is 4.42 Å². The van der Waals surface area contributed by atoms with Crippen molar-refractivity contribution in [3.8, 4) is 0 Å². The van der Waals surface area contributed by atoms with Crippen molar-refractivity contribution in [2.24, 2.45) is 0 Å². The van der Waals surface area contributed by atoms with Crippen LogP contribution in [0.5, 0.6) is 0 Å². The highest BCUT2D eigenvalue weighted by molar-refractivity contribution is 14.1. The van der Waals surface area contributed by atoms with E-state index in [1.54, 1.807) is 11.3 Å². The molecule has 0 aliphatic heterocycles. The average molecular weight is 348 g/mol. The van der Waals surface area contributed by atoms with Crippen molar-refractivity contribution in [2.75, 3.05) is 0 Å². The largest absolute Gasteiger partial charge is 0.454 e. The van der Waals surface area contributed by atoms with Gasteiger partial charge in [0, 0.05) is 11.6 Å². The Kier molecular flexibility index (Phi) is 4.37. The quantitative estimate of drug-likeness (QED) is 0.840. The van der Waals surface area contributed by atoms with Gasteiger partial charge in [-0.25, -0.2) is 4.98 Å². The molecule has 5 heteroatoms. The summed E-state index contributed by atoms with van der Waals surface area (Å²) in [6, 6.07) is 4.30. The Labute approximate surface area is 112 Å². The van der Waals surface area contributed by atoms with E-state index in [1.165, 1.54) is 0 Å². The highest BCUT2D eigenvalue weighted by atomic mass is 127. The van der Waals surface area contributed by atoms with Crippen LogP contribution in [0.1, 0.15) is 30.2 Å². The first-order chi connectivity index (χ1) is 7.79. The minimum atomic E-state index is 0.322. The minimum Gasteiger partial charge on any atom is -0.454 e. The van der Waals surface area contributed by atoms with Gasteiger partial charge in [-0.2, -0.15) is 0 Å². The predicted molar refractivity (Wildman–Crippen MR) is 73.4 cm³/mol. The van der Waals surface area contributed by atoms with Gasteiger partial charge in [0.1, 0.15) is 10.8 Å². The molecule has 0 radical (unpaired) electrons. The van der Waals surface area contributed by atoms with Gasteiger partial charge >= 0.3 is 0 Å². The molecule has 0 spiro atoms. The van der Waals surface area contributed by atoms with Crippen LogP contribution in [0.3, 0.4) is 0 Å². The maximum Gasteiger partial charge on any atom is 0.164 e. The fourth-order valence-electron chi connectivity index (χ4n) is 1.48. The van der Waals surface area contributed by atoms with E-state index in [9.17, 15) is 0 Å². The molecular formula is C11H13IN2OS. The summed E-state index contributed by atoms with van der Waals surface area (Å²) in [6.45, 7) is 2.91. The van der Waals surface area contributed by atoms with E-state index in [4.69, 9.17) is 4.42 Å². The number of rotatable bonds is 5. The van der Waals surface area contributed by atoms with Crippen LogP contribution in [0.2, 0.25) is 0 Å². The summed E-state index contributed by atoms with van der Waals surface area (Å²) < 4.78 is 6.43. The number of halogens is 1.